The highest BCUT2D eigenvalue weighted by Gasteiger charge is 2.26. The second-order valence-electron chi connectivity index (χ2n) is 5.65. The molecule has 2 rings (SSSR count). The number of nitrogens with zero attached hydrogens (tertiary/aromatic N) is 3. The van der Waals surface area contributed by atoms with Gasteiger partial charge in [-0.1, -0.05) is 6.92 Å². The van der Waals surface area contributed by atoms with Crippen LogP contribution < -0.4 is 5.32 Å². The second kappa shape index (κ2) is 6.68. The lowest BCUT2D eigenvalue weighted by Gasteiger charge is -2.33. The monoisotopic (exact) mass is 276 g/mol. The van der Waals surface area contributed by atoms with Gasteiger partial charge in [-0.3, -0.25) is 9.78 Å². The third-order valence-electron chi connectivity index (χ3n) is 4.07. The minimum Gasteiger partial charge on any atom is -0.369 e. The Morgan fingerprint density at radius 3 is 2.70 bits per heavy atom. The molecule has 0 bridgehead atoms. The molecule has 1 saturated carbocycles. The predicted molar refractivity (Wildman–Crippen MR) is 79.7 cm³/mol. The summed E-state index contributed by atoms with van der Waals surface area (Å²) in [6, 6.07) is 0.336. The van der Waals surface area contributed by atoms with Crippen molar-refractivity contribution in [2.45, 2.75) is 45.6 Å². The molecule has 20 heavy (non-hydrogen) atoms. The average molecular weight is 276 g/mol. The molecule has 0 atom stereocenters. The quantitative estimate of drug-likeness (QED) is 0.918. The van der Waals surface area contributed by atoms with Crippen molar-refractivity contribution in [3.63, 3.8) is 0 Å². The van der Waals surface area contributed by atoms with Gasteiger partial charge in [0.15, 0.2) is 0 Å². The summed E-state index contributed by atoms with van der Waals surface area (Å²) in [5, 5.41) is 3.08. The van der Waals surface area contributed by atoms with Gasteiger partial charge in [0, 0.05) is 19.6 Å². The minimum atomic E-state index is -0.0307. The van der Waals surface area contributed by atoms with Crippen LogP contribution in [0.5, 0.6) is 0 Å². The first-order chi connectivity index (χ1) is 9.61. The molecule has 1 aromatic heterocycles. The van der Waals surface area contributed by atoms with Gasteiger partial charge >= 0.3 is 0 Å². The molecule has 0 spiro atoms. The molecule has 1 aliphatic rings. The predicted octanol–water partition coefficient (Wildman–Crippen LogP) is 2.56. The number of carbonyl (C=O) groups excluding carboxylic acids is 1. The van der Waals surface area contributed by atoms with Crippen LogP contribution in [0.4, 0.5) is 5.82 Å². The van der Waals surface area contributed by atoms with E-state index in [0.29, 0.717) is 17.6 Å². The van der Waals surface area contributed by atoms with E-state index in [4.69, 9.17) is 0 Å². The van der Waals surface area contributed by atoms with Crippen molar-refractivity contribution >= 4 is 11.7 Å². The molecule has 5 heteroatoms. The van der Waals surface area contributed by atoms with Crippen LogP contribution in [0.15, 0.2) is 12.4 Å². The van der Waals surface area contributed by atoms with E-state index in [-0.39, 0.29) is 5.91 Å². The molecule has 1 aromatic rings. The summed E-state index contributed by atoms with van der Waals surface area (Å²) in [7, 11) is 1.88. The number of anilines is 1. The number of hydrogen-bond donors (Lipinski definition) is 1. The van der Waals surface area contributed by atoms with E-state index in [0.717, 1.165) is 25.3 Å². The zero-order valence-corrected chi connectivity index (χ0v) is 12.6. The Labute approximate surface area is 120 Å². The Hall–Kier alpha value is -1.65. The van der Waals surface area contributed by atoms with E-state index in [1.807, 2.05) is 18.9 Å². The summed E-state index contributed by atoms with van der Waals surface area (Å²) >= 11 is 0. The van der Waals surface area contributed by atoms with Crippen LogP contribution in [0.2, 0.25) is 0 Å². The highest BCUT2D eigenvalue weighted by atomic mass is 16.2. The maximum atomic E-state index is 12.5. The normalized spacial score (nSPS) is 22.4. The van der Waals surface area contributed by atoms with Crippen LogP contribution in [-0.2, 0) is 0 Å². The molecule has 0 saturated heterocycles. The number of amides is 1. The molecule has 0 aromatic carbocycles. The molecule has 1 N–H and O–H groups in total. The number of aromatic nitrogens is 2. The third-order valence-corrected chi connectivity index (χ3v) is 4.07. The smallest absolute Gasteiger partial charge is 0.274 e. The van der Waals surface area contributed by atoms with Crippen LogP contribution in [-0.4, -0.2) is 40.4 Å². The van der Waals surface area contributed by atoms with Crippen molar-refractivity contribution in [2.24, 2.45) is 5.92 Å². The zero-order chi connectivity index (χ0) is 14.5. The first-order valence-corrected chi connectivity index (χ1v) is 7.45. The van der Waals surface area contributed by atoms with Gasteiger partial charge < -0.3 is 10.2 Å². The fourth-order valence-electron chi connectivity index (χ4n) is 2.71. The molecular formula is C15H24N4O. The maximum absolute atomic E-state index is 12.5. The van der Waals surface area contributed by atoms with Crippen molar-refractivity contribution in [3.05, 3.63) is 18.1 Å². The van der Waals surface area contributed by atoms with Crippen molar-refractivity contribution < 1.29 is 4.79 Å². The molecule has 110 valence electrons. The summed E-state index contributed by atoms with van der Waals surface area (Å²) in [5.74, 6) is 1.41. The highest BCUT2D eigenvalue weighted by molar-refractivity contribution is 5.92. The molecule has 0 aliphatic heterocycles. The van der Waals surface area contributed by atoms with Gasteiger partial charge in [0.25, 0.3) is 5.91 Å². The van der Waals surface area contributed by atoms with Crippen molar-refractivity contribution in [1.29, 1.82) is 0 Å². The van der Waals surface area contributed by atoms with Crippen LogP contribution >= 0.6 is 0 Å². The summed E-state index contributed by atoms with van der Waals surface area (Å²) in [4.78, 5) is 22.7. The van der Waals surface area contributed by atoms with E-state index in [2.05, 4.69) is 22.2 Å². The Bertz CT molecular complexity index is 455. The lowest BCUT2D eigenvalue weighted by atomic mass is 9.86. The maximum Gasteiger partial charge on any atom is 0.274 e. The highest BCUT2D eigenvalue weighted by Crippen LogP contribution is 2.27. The third kappa shape index (κ3) is 3.46. The molecule has 1 fully saturated rings. The molecule has 1 heterocycles. The average Bonchev–Trinajstić information content (AvgIpc) is 2.47. The Balaban J connectivity index is 2.04. The Morgan fingerprint density at radius 1 is 1.35 bits per heavy atom. The molecule has 1 amide bonds. The van der Waals surface area contributed by atoms with E-state index >= 15 is 0 Å². The fourth-order valence-corrected chi connectivity index (χ4v) is 2.71. The fraction of sp³-hybridized carbons (Fsp3) is 0.667. The first-order valence-electron chi connectivity index (χ1n) is 7.45. The summed E-state index contributed by atoms with van der Waals surface area (Å²) < 4.78 is 0. The molecular weight excluding hydrogens is 252 g/mol. The van der Waals surface area contributed by atoms with Gasteiger partial charge in [0.1, 0.15) is 11.5 Å². The molecule has 0 unspecified atom stereocenters. The van der Waals surface area contributed by atoms with Gasteiger partial charge in [0.05, 0.1) is 12.4 Å². The second-order valence-corrected chi connectivity index (χ2v) is 5.65. The minimum absolute atomic E-state index is 0.0307. The van der Waals surface area contributed by atoms with Gasteiger partial charge in [-0.25, -0.2) is 4.98 Å². The van der Waals surface area contributed by atoms with Crippen LogP contribution in [0, 0.1) is 5.92 Å². The van der Waals surface area contributed by atoms with Crippen LogP contribution in [0.25, 0.3) is 0 Å². The molecule has 5 nitrogen and oxygen atoms in total. The van der Waals surface area contributed by atoms with Crippen LogP contribution in [0.1, 0.15) is 50.0 Å². The largest absolute Gasteiger partial charge is 0.369 e. The summed E-state index contributed by atoms with van der Waals surface area (Å²) in [6.45, 7) is 5.04. The standard InChI is InChI=1S/C15H24N4O/c1-4-17-14-10-16-9-13(18-14)15(20)19(3)12-7-5-11(2)6-8-12/h9-12H,4-8H2,1-3H3,(H,17,18). The lowest BCUT2D eigenvalue weighted by Crippen LogP contribution is -2.39. The van der Waals surface area contributed by atoms with E-state index in [1.54, 1.807) is 12.4 Å². The van der Waals surface area contributed by atoms with Crippen molar-refractivity contribution in [3.8, 4) is 0 Å². The van der Waals surface area contributed by atoms with Crippen LogP contribution in [0.3, 0.4) is 0 Å². The molecule has 0 radical (unpaired) electrons. The number of rotatable bonds is 4. The Morgan fingerprint density at radius 2 is 2.05 bits per heavy atom. The molecule has 1 aliphatic carbocycles. The SMILES string of the molecule is CCNc1cncc(C(=O)N(C)C2CCC(C)CC2)n1. The van der Waals surface area contributed by atoms with Gasteiger partial charge in [0.2, 0.25) is 0 Å². The zero-order valence-electron chi connectivity index (χ0n) is 12.6. The van der Waals surface area contributed by atoms with E-state index in [1.165, 1.54) is 12.8 Å². The van der Waals surface area contributed by atoms with Crippen molar-refractivity contribution in [1.82, 2.24) is 14.9 Å². The Kier molecular flexibility index (Phi) is 4.93. The lowest BCUT2D eigenvalue weighted by molar-refractivity contribution is 0.0673. The van der Waals surface area contributed by atoms with Gasteiger partial charge in [-0.15, -0.1) is 0 Å². The summed E-state index contributed by atoms with van der Waals surface area (Å²) in [5.41, 5.74) is 0.421. The number of carbonyl (C=O) groups is 1. The number of nitrogens with one attached hydrogen (secondary N) is 1. The topological polar surface area (TPSA) is 58.1 Å². The van der Waals surface area contributed by atoms with Gasteiger partial charge in [-0.2, -0.15) is 0 Å². The summed E-state index contributed by atoms with van der Waals surface area (Å²) in [6.07, 6.45) is 7.76. The van der Waals surface area contributed by atoms with E-state index in [9.17, 15) is 4.79 Å². The van der Waals surface area contributed by atoms with Gasteiger partial charge in [-0.05, 0) is 38.5 Å². The van der Waals surface area contributed by atoms with Crippen molar-refractivity contribution in [2.75, 3.05) is 18.9 Å². The first kappa shape index (κ1) is 14.8. The van der Waals surface area contributed by atoms with E-state index < -0.39 is 0 Å². The number of hydrogen-bond acceptors (Lipinski definition) is 4.